The maximum atomic E-state index is 12.5. The molecule has 3 aromatic carbocycles. The molecule has 0 radical (unpaired) electrons. The largest absolute Gasteiger partial charge is 0.322 e. The van der Waals surface area contributed by atoms with Crippen LogP contribution >= 0.6 is 0 Å². The summed E-state index contributed by atoms with van der Waals surface area (Å²) in [5.74, 6) is -0.310. The van der Waals surface area contributed by atoms with Crippen LogP contribution in [-0.4, -0.2) is 11.8 Å². The molecule has 4 heteroatoms. The van der Waals surface area contributed by atoms with Crippen molar-refractivity contribution in [1.82, 2.24) is 0 Å². The lowest BCUT2D eigenvalue weighted by Gasteiger charge is -2.09. The van der Waals surface area contributed by atoms with Crippen LogP contribution in [0, 0.1) is 0 Å². The van der Waals surface area contributed by atoms with Crippen molar-refractivity contribution in [2.75, 3.05) is 10.6 Å². The fourth-order valence-corrected chi connectivity index (χ4v) is 2.81. The molecule has 0 saturated heterocycles. The number of amides is 2. The Morgan fingerprint density at radius 2 is 1.73 bits per heavy atom. The van der Waals surface area contributed by atoms with Gasteiger partial charge in [0.2, 0.25) is 0 Å². The monoisotopic (exact) mass is 288 g/mol. The van der Waals surface area contributed by atoms with E-state index in [0.717, 1.165) is 22.1 Å². The predicted octanol–water partition coefficient (Wildman–Crippen LogP) is 3.66. The molecule has 2 amide bonds. The van der Waals surface area contributed by atoms with Crippen LogP contribution in [0.4, 0.5) is 11.4 Å². The van der Waals surface area contributed by atoms with Crippen molar-refractivity contribution in [1.29, 1.82) is 0 Å². The lowest BCUT2D eigenvalue weighted by atomic mass is 10.00. The Morgan fingerprint density at radius 3 is 2.55 bits per heavy atom. The summed E-state index contributed by atoms with van der Waals surface area (Å²) >= 11 is 0. The number of para-hydroxylation sites is 1. The standard InChI is InChI=1S/C18H12N2O2/c21-17(19-11-5-2-1-3-6-11)13-9-10-15-16-12(13)7-4-8-14(16)18(22)20-15/h1-10H,(H,19,21)(H,20,22). The average molecular weight is 288 g/mol. The third-order valence-corrected chi connectivity index (χ3v) is 3.81. The zero-order valence-corrected chi connectivity index (χ0v) is 11.6. The van der Waals surface area contributed by atoms with E-state index in [1.807, 2.05) is 36.4 Å². The molecular formula is C18H12N2O2. The second kappa shape index (κ2) is 4.70. The van der Waals surface area contributed by atoms with E-state index in [9.17, 15) is 9.59 Å². The predicted molar refractivity (Wildman–Crippen MR) is 86.3 cm³/mol. The highest BCUT2D eigenvalue weighted by molar-refractivity contribution is 6.27. The summed E-state index contributed by atoms with van der Waals surface area (Å²) in [5, 5.41) is 7.29. The molecule has 4 nitrogen and oxygen atoms in total. The summed E-state index contributed by atoms with van der Waals surface area (Å²) in [6, 6.07) is 18.2. The molecule has 0 unspecified atom stereocenters. The first-order valence-electron chi connectivity index (χ1n) is 6.97. The van der Waals surface area contributed by atoms with Gasteiger partial charge in [-0.25, -0.2) is 0 Å². The van der Waals surface area contributed by atoms with Gasteiger partial charge >= 0.3 is 0 Å². The first kappa shape index (κ1) is 12.6. The number of carbonyl (C=O) groups is 2. The minimum absolute atomic E-state index is 0.124. The number of carbonyl (C=O) groups excluding carboxylic acids is 2. The van der Waals surface area contributed by atoms with E-state index in [2.05, 4.69) is 10.6 Å². The zero-order chi connectivity index (χ0) is 15.1. The van der Waals surface area contributed by atoms with Crippen LogP contribution in [0.15, 0.2) is 60.7 Å². The number of rotatable bonds is 2. The molecule has 4 rings (SSSR count). The van der Waals surface area contributed by atoms with Gasteiger partial charge in [-0.15, -0.1) is 0 Å². The normalized spacial score (nSPS) is 12.3. The van der Waals surface area contributed by atoms with Gasteiger partial charge in [0.1, 0.15) is 0 Å². The Morgan fingerprint density at radius 1 is 0.909 bits per heavy atom. The van der Waals surface area contributed by atoms with E-state index in [0.29, 0.717) is 11.1 Å². The first-order chi connectivity index (χ1) is 10.7. The highest BCUT2D eigenvalue weighted by Crippen LogP contribution is 2.35. The van der Waals surface area contributed by atoms with Crippen molar-refractivity contribution in [2.45, 2.75) is 0 Å². The molecule has 0 aromatic heterocycles. The van der Waals surface area contributed by atoms with Crippen molar-refractivity contribution >= 4 is 34.0 Å². The Bertz CT molecular complexity index is 917. The van der Waals surface area contributed by atoms with Gasteiger partial charge in [-0.3, -0.25) is 9.59 Å². The minimum Gasteiger partial charge on any atom is -0.322 e. The molecular weight excluding hydrogens is 276 g/mol. The van der Waals surface area contributed by atoms with Crippen molar-refractivity contribution in [3.05, 3.63) is 71.8 Å². The minimum atomic E-state index is -0.186. The molecule has 22 heavy (non-hydrogen) atoms. The average Bonchev–Trinajstić information content (AvgIpc) is 2.87. The molecule has 1 aliphatic heterocycles. The van der Waals surface area contributed by atoms with Crippen molar-refractivity contribution < 1.29 is 9.59 Å². The van der Waals surface area contributed by atoms with Gasteiger partial charge in [0.15, 0.2) is 0 Å². The highest BCUT2D eigenvalue weighted by atomic mass is 16.2. The fourth-order valence-electron chi connectivity index (χ4n) is 2.81. The second-order valence-corrected chi connectivity index (χ2v) is 5.16. The highest BCUT2D eigenvalue weighted by Gasteiger charge is 2.23. The molecule has 0 spiro atoms. The Balaban J connectivity index is 1.82. The number of benzene rings is 3. The van der Waals surface area contributed by atoms with Crippen LogP contribution in [0.2, 0.25) is 0 Å². The molecule has 1 heterocycles. The molecule has 106 valence electrons. The molecule has 0 atom stereocenters. The molecule has 3 aromatic rings. The first-order valence-corrected chi connectivity index (χ1v) is 6.97. The summed E-state index contributed by atoms with van der Waals surface area (Å²) < 4.78 is 0. The third-order valence-electron chi connectivity index (χ3n) is 3.81. The smallest absolute Gasteiger partial charge is 0.256 e. The maximum Gasteiger partial charge on any atom is 0.256 e. The van der Waals surface area contributed by atoms with Crippen molar-refractivity contribution in [2.24, 2.45) is 0 Å². The second-order valence-electron chi connectivity index (χ2n) is 5.16. The number of hydrogen-bond donors (Lipinski definition) is 2. The maximum absolute atomic E-state index is 12.5. The van der Waals surface area contributed by atoms with Gasteiger partial charge < -0.3 is 10.6 Å². The van der Waals surface area contributed by atoms with Gasteiger partial charge in [0, 0.05) is 27.9 Å². The van der Waals surface area contributed by atoms with Crippen LogP contribution < -0.4 is 10.6 Å². The SMILES string of the molecule is O=C(Nc1ccccc1)c1ccc2c3c(cccc13)C(=O)N2. The van der Waals surface area contributed by atoms with Crippen LogP contribution in [0.3, 0.4) is 0 Å². The molecule has 0 saturated carbocycles. The molecule has 1 aliphatic rings. The lowest BCUT2D eigenvalue weighted by Crippen LogP contribution is -2.12. The zero-order valence-electron chi connectivity index (χ0n) is 11.6. The van der Waals surface area contributed by atoms with Gasteiger partial charge in [-0.1, -0.05) is 30.3 Å². The van der Waals surface area contributed by atoms with Crippen molar-refractivity contribution in [3.8, 4) is 0 Å². The molecule has 2 N–H and O–H groups in total. The summed E-state index contributed by atoms with van der Waals surface area (Å²) in [6.07, 6.45) is 0. The molecule has 0 bridgehead atoms. The van der Waals surface area contributed by atoms with E-state index in [4.69, 9.17) is 0 Å². The Hall–Kier alpha value is -3.14. The van der Waals surface area contributed by atoms with E-state index < -0.39 is 0 Å². The summed E-state index contributed by atoms with van der Waals surface area (Å²) in [4.78, 5) is 24.4. The van der Waals surface area contributed by atoms with E-state index >= 15 is 0 Å². The van der Waals surface area contributed by atoms with Crippen LogP contribution in [0.1, 0.15) is 20.7 Å². The van der Waals surface area contributed by atoms with Crippen LogP contribution in [-0.2, 0) is 0 Å². The van der Waals surface area contributed by atoms with E-state index in [-0.39, 0.29) is 11.8 Å². The van der Waals surface area contributed by atoms with Gasteiger partial charge in [0.25, 0.3) is 11.8 Å². The number of hydrogen-bond acceptors (Lipinski definition) is 2. The lowest BCUT2D eigenvalue weighted by molar-refractivity contribution is 0.102. The summed E-state index contributed by atoms with van der Waals surface area (Å²) in [5.41, 5.74) is 2.67. The Kier molecular flexibility index (Phi) is 2.69. The molecule has 0 aliphatic carbocycles. The van der Waals surface area contributed by atoms with Crippen LogP contribution in [0.25, 0.3) is 10.8 Å². The van der Waals surface area contributed by atoms with Gasteiger partial charge in [-0.05, 0) is 35.7 Å². The van der Waals surface area contributed by atoms with E-state index in [1.54, 1.807) is 24.3 Å². The molecule has 0 fully saturated rings. The van der Waals surface area contributed by atoms with Gasteiger partial charge in [-0.2, -0.15) is 0 Å². The summed E-state index contributed by atoms with van der Waals surface area (Å²) in [7, 11) is 0. The number of anilines is 2. The quantitative estimate of drug-likeness (QED) is 0.756. The topological polar surface area (TPSA) is 58.2 Å². The van der Waals surface area contributed by atoms with Crippen LogP contribution in [0.5, 0.6) is 0 Å². The number of nitrogens with one attached hydrogen (secondary N) is 2. The van der Waals surface area contributed by atoms with Crippen molar-refractivity contribution in [3.63, 3.8) is 0 Å². The fraction of sp³-hybridized carbons (Fsp3) is 0. The van der Waals surface area contributed by atoms with E-state index in [1.165, 1.54) is 0 Å². The Labute approximate surface area is 126 Å². The third kappa shape index (κ3) is 1.85. The van der Waals surface area contributed by atoms with Gasteiger partial charge in [0.05, 0.1) is 0 Å². The summed E-state index contributed by atoms with van der Waals surface area (Å²) in [6.45, 7) is 0.